The molecule has 0 aromatic carbocycles. The van der Waals surface area contributed by atoms with Gasteiger partial charge in [-0.15, -0.1) is 11.3 Å². The minimum atomic E-state index is -0.0598. The summed E-state index contributed by atoms with van der Waals surface area (Å²) < 4.78 is 0. The lowest BCUT2D eigenvalue weighted by Gasteiger charge is -2.22. The minimum absolute atomic E-state index is 0.0598. The Hall–Kier alpha value is -1.75. The van der Waals surface area contributed by atoms with Gasteiger partial charge in [-0.3, -0.25) is 9.78 Å². The molecule has 0 radical (unpaired) electrons. The number of nitrogens with one attached hydrogen (secondary N) is 1. The van der Waals surface area contributed by atoms with Crippen LogP contribution in [0.25, 0.3) is 0 Å². The second kappa shape index (κ2) is 6.80. The van der Waals surface area contributed by atoms with Crippen LogP contribution < -0.4 is 5.32 Å². The number of carbonyl (C=O) groups excluding carboxylic acids is 1. The summed E-state index contributed by atoms with van der Waals surface area (Å²) in [7, 11) is 0. The number of carbonyl (C=O) groups is 1. The number of aromatic nitrogens is 2. The Kier molecular flexibility index (Phi) is 4.60. The molecule has 3 rings (SSSR count). The third-order valence-corrected chi connectivity index (χ3v) is 4.90. The van der Waals surface area contributed by atoms with Crippen molar-refractivity contribution in [3.8, 4) is 0 Å². The average Bonchev–Trinajstić information content (AvgIpc) is 3.20. The van der Waals surface area contributed by atoms with Crippen LogP contribution in [0.2, 0.25) is 0 Å². The van der Waals surface area contributed by atoms with Gasteiger partial charge in [0, 0.05) is 24.0 Å². The Labute approximate surface area is 128 Å². The molecule has 110 valence electrons. The largest absolute Gasteiger partial charge is 0.349 e. The Bertz CT molecular complexity index is 564. The van der Waals surface area contributed by atoms with E-state index in [1.165, 1.54) is 12.8 Å². The highest BCUT2D eigenvalue weighted by atomic mass is 32.1. The number of hydrogen-bond acceptors (Lipinski definition) is 4. The molecule has 5 heteroatoms. The molecular formula is C16H19N3OS. The summed E-state index contributed by atoms with van der Waals surface area (Å²) in [4.78, 5) is 20.9. The van der Waals surface area contributed by atoms with E-state index in [0.717, 1.165) is 23.4 Å². The lowest BCUT2D eigenvalue weighted by Crippen LogP contribution is -2.32. The molecule has 1 atom stereocenters. The second-order valence-corrected chi connectivity index (χ2v) is 6.43. The first kappa shape index (κ1) is 14.2. The van der Waals surface area contributed by atoms with Gasteiger partial charge in [0.05, 0.1) is 12.5 Å². The summed E-state index contributed by atoms with van der Waals surface area (Å²) >= 11 is 1.57. The van der Waals surface area contributed by atoms with Crippen molar-refractivity contribution in [2.75, 3.05) is 0 Å². The molecule has 2 heterocycles. The van der Waals surface area contributed by atoms with Crippen LogP contribution in [0.15, 0.2) is 36.1 Å². The Balaban J connectivity index is 1.73. The zero-order valence-electron chi connectivity index (χ0n) is 11.9. The van der Waals surface area contributed by atoms with Crippen molar-refractivity contribution in [3.63, 3.8) is 0 Å². The number of thiazole rings is 1. The minimum Gasteiger partial charge on any atom is -0.349 e. The fourth-order valence-electron chi connectivity index (χ4n) is 3.11. The first-order valence-corrected chi connectivity index (χ1v) is 8.28. The molecule has 1 aliphatic rings. The molecule has 1 aliphatic carbocycles. The van der Waals surface area contributed by atoms with E-state index in [1.807, 2.05) is 17.5 Å². The van der Waals surface area contributed by atoms with E-state index in [1.54, 1.807) is 29.9 Å². The summed E-state index contributed by atoms with van der Waals surface area (Å²) in [5.74, 6) is 0.502. The van der Waals surface area contributed by atoms with Crippen molar-refractivity contribution < 1.29 is 4.79 Å². The van der Waals surface area contributed by atoms with Crippen molar-refractivity contribution in [1.82, 2.24) is 15.3 Å². The quantitative estimate of drug-likeness (QED) is 0.923. The predicted molar refractivity (Wildman–Crippen MR) is 82.9 cm³/mol. The fourth-order valence-corrected chi connectivity index (χ4v) is 3.67. The van der Waals surface area contributed by atoms with E-state index in [-0.39, 0.29) is 11.8 Å². The molecule has 1 saturated carbocycles. The summed E-state index contributed by atoms with van der Waals surface area (Å²) in [6, 6.07) is 3.93. The molecule has 1 fully saturated rings. The average molecular weight is 301 g/mol. The van der Waals surface area contributed by atoms with Crippen LogP contribution in [0.1, 0.15) is 42.2 Å². The molecule has 2 aromatic heterocycles. The second-order valence-electron chi connectivity index (χ2n) is 5.45. The fraction of sp³-hybridized carbons (Fsp3) is 0.438. The third kappa shape index (κ3) is 3.47. The maximum Gasteiger partial charge on any atom is 0.228 e. The van der Waals surface area contributed by atoms with Crippen LogP contribution in [0.4, 0.5) is 0 Å². The van der Waals surface area contributed by atoms with E-state index >= 15 is 0 Å². The molecule has 1 unspecified atom stereocenters. The summed E-state index contributed by atoms with van der Waals surface area (Å²) in [5.41, 5.74) is 1.08. The van der Waals surface area contributed by atoms with Gasteiger partial charge in [-0.05, 0) is 36.5 Å². The van der Waals surface area contributed by atoms with Crippen LogP contribution in [0, 0.1) is 5.92 Å². The molecule has 0 spiro atoms. The standard InChI is InChI=1S/C16H19N3OS/c20-16(19-11-14-18-9-10-21-14)15(12-3-1-2-4-12)13-5-7-17-8-6-13/h5-10,12,15H,1-4,11H2,(H,19,20). The number of pyridine rings is 1. The highest BCUT2D eigenvalue weighted by Gasteiger charge is 2.31. The number of hydrogen-bond donors (Lipinski definition) is 1. The van der Waals surface area contributed by atoms with Crippen LogP contribution in [0.5, 0.6) is 0 Å². The van der Waals surface area contributed by atoms with E-state index in [2.05, 4.69) is 15.3 Å². The van der Waals surface area contributed by atoms with Gasteiger partial charge in [0.2, 0.25) is 5.91 Å². The van der Waals surface area contributed by atoms with E-state index in [9.17, 15) is 4.79 Å². The van der Waals surface area contributed by atoms with E-state index in [0.29, 0.717) is 12.5 Å². The monoisotopic (exact) mass is 301 g/mol. The van der Waals surface area contributed by atoms with Crippen molar-refractivity contribution >= 4 is 17.2 Å². The zero-order chi connectivity index (χ0) is 14.5. The topological polar surface area (TPSA) is 54.9 Å². The Morgan fingerprint density at radius 3 is 2.71 bits per heavy atom. The lowest BCUT2D eigenvalue weighted by molar-refractivity contribution is -0.123. The summed E-state index contributed by atoms with van der Waals surface area (Å²) in [6.07, 6.45) is 10.0. The van der Waals surface area contributed by atoms with Gasteiger partial charge < -0.3 is 5.32 Å². The third-order valence-electron chi connectivity index (χ3n) is 4.12. The van der Waals surface area contributed by atoms with Gasteiger partial charge in [0.25, 0.3) is 0 Å². The number of amides is 1. The molecule has 0 aliphatic heterocycles. The predicted octanol–water partition coefficient (Wildman–Crippen LogP) is 3.13. The van der Waals surface area contributed by atoms with Crippen LogP contribution >= 0.6 is 11.3 Å². The normalized spacial score (nSPS) is 16.8. The van der Waals surface area contributed by atoms with Gasteiger partial charge in [-0.2, -0.15) is 0 Å². The van der Waals surface area contributed by atoms with Crippen LogP contribution in [0.3, 0.4) is 0 Å². The van der Waals surface area contributed by atoms with E-state index < -0.39 is 0 Å². The molecule has 1 N–H and O–H groups in total. The van der Waals surface area contributed by atoms with Crippen molar-refractivity contribution in [2.24, 2.45) is 5.92 Å². The first-order chi connectivity index (χ1) is 10.3. The van der Waals surface area contributed by atoms with Gasteiger partial charge in [-0.25, -0.2) is 4.98 Å². The summed E-state index contributed by atoms with van der Waals surface area (Å²) in [6.45, 7) is 0.519. The molecule has 4 nitrogen and oxygen atoms in total. The zero-order valence-corrected chi connectivity index (χ0v) is 12.7. The SMILES string of the molecule is O=C(NCc1nccs1)C(c1ccncc1)C1CCCC1. The number of rotatable bonds is 5. The van der Waals surface area contributed by atoms with Gasteiger partial charge in [0.15, 0.2) is 0 Å². The maximum atomic E-state index is 12.7. The van der Waals surface area contributed by atoms with E-state index in [4.69, 9.17) is 0 Å². The lowest BCUT2D eigenvalue weighted by atomic mass is 9.84. The molecule has 21 heavy (non-hydrogen) atoms. The Morgan fingerprint density at radius 2 is 2.05 bits per heavy atom. The van der Waals surface area contributed by atoms with Gasteiger partial charge >= 0.3 is 0 Å². The maximum absolute atomic E-state index is 12.7. The molecule has 1 amide bonds. The van der Waals surface area contributed by atoms with Crippen molar-refractivity contribution in [2.45, 2.75) is 38.1 Å². The van der Waals surface area contributed by atoms with Crippen LogP contribution in [-0.4, -0.2) is 15.9 Å². The summed E-state index contributed by atoms with van der Waals surface area (Å²) in [5, 5.41) is 5.93. The van der Waals surface area contributed by atoms with Gasteiger partial charge in [-0.1, -0.05) is 12.8 Å². The van der Waals surface area contributed by atoms with Crippen molar-refractivity contribution in [1.29, 1.82) is 0 Å². The van der Waals surface area contributed by atoms with Crippen molar-refractivity contribution in [3.05, 3.63) is 46.7 Å². The highest BCUT2D eigenvalue weighted by molar-refractivity contribution is 7.09. The molecule has 0 saturated heterocycles. The highest BCUT2D eigenvalue weighted by Crippen LogP contribution is 2.37. The smallest absolute Gasteiger partial charge is 0.228 e. The van der Waals surface area contributed by atoms with Gasteiger partial charge in [0.1, 0.15) is 5.01 Å². The molecule has 2 aromatic rings. The molecular weight excluding hydrogens is 282 g/mol. The number of nitrogens with zero attached hydrogens (tertiary/aromatic N) is 2. The Morgan fingerprint density at radius 1 is 1.29 bits per heavy atom. The van der Waals surface area contributed by atoms with Crippen LogP contribution in [-0.2, 0) is 11.3 Å². The molecule has 0 bridgehead atoms. The first-order valence-electron chi connectivity index (χ1n) is 7.40.